The van der Waals surface area contributed by atoms with Crippen molar-refractivity contribution < 1.29 is 14.3 Å². The lowest BCUT2D eigenvalue weighted by molar-refractivity contribution is -0.145. The minimum Gasteiger partial charge on any atom is -0.426 e. The molecule has 88 valence electrons. The smallest absolute Gasteiger partial charge is 0.322 e. The normalized spacial score (nSPS) is 35.9. The van der Waals surface area contributed by atoms with Crippen LogP contribution in [0.5, 0.6) is 0 Å². The van der Waals surface area contributed by atoms with Crippen LogP contribution in [0.15, 0.2) is 23.5 Å². The van der Waals surface area contributed by atoms with Crippen LogP contribution in [0.2, 0.25) is 0 Å². The monoisotopic (exact) mass is 222 g/mol. The first kappa shape index (κ1) is 11.4. The van der Waals surface area contributed by atoms with Gasteiger partial charge in [-0.2, -0.15) is 0 Å². The lowest BCUT2D eigenvalue weighted by Crippen LogP contribution is -2.33. The largest absolute Gasteiger partial charge is 0.426 e. The first-order chi connectivity index (χ1) is 7.60. The summed E-state index contributed by atoms with van der Waals surface area (Å²) in [5.41, 5.74) is 0.603. The van der Waals surface area contributed by atoms with Gasteiger partial charge in [-0.1, -0.05) is 13.0 Å². The molecule has 3 nitrogen and oxygen atoms in total. The Morgan fingerprint density at radius 1 is 1.69 bits per heavy atom. The topological polar surface area (TPSA) is 35.5 Å². The summed E-state index contributed by atoms with van der Waals surface area (Å²) in [5, 5.41) is 0. The van der Waals surface area contributed by atoms with Crippen LogP contribution in [0.3, 0.4) is 0 Å². The SMILES string of the molecule is COC/C=C1/OC(=O)[C@@]2(C)C1=CCC[C@H]2C. The summed E-state index contributed by atoms with van der Waals surface area (Å²) in [5.74, 6) is 0.919. The van der Waals surface area contributed by atoms with Crippen molar-refractivity contribution in [2.45, 2.75) is 26.7 Å². The summed E-state index contributed by atoms with van der Waals surface area (Å²) in [6.45, 7) is 4.58. The predicted molar refractivity (Wildman–Crippen MR) is 60.6 cm³/mol. The number of fused-ring (bicyclic) bond motifs is 1. The van der Waals surface area contributed by atoms with Crippen molar-refractivity contribution in [1.82, 2.24) is 0 Å². The van der Waals surface area contributed by atoms with E-state index in [-0.39, 0.29) is 5.97 Å². The number of carbonyl (C=O) groups is 1. The summed E-state index contributed by atoms with van der Waals surface area (Å²) >= 11 is 0. The zero-order valence-electron chi connectivity index (χ0n) is 10.1. The number of esters is 1. The Labute approximate surface area is 96.1 Å². The second-order valence-corrected chi connectivity index (χ2v) is 4.71. The summed E-state index contributed by atoms with van der Waals surface area (Å²) in [4.78, 5) is 12.0. The molecule has 0 aromatic rings. The van der Waals surface area contributed by atoms with E-state index in [1.165, 1.54) is 0 Å². The minimum absolute atomic E-state index is 0.117. The molecule has 0 N–H and O–H groups in total. The number of carbonyl (C=O) groups excluding carboxylic acids is 1. The van der Waals surface area contributed by atoms with Gasteiger partial charge in [-0.25, -0.2) is 0 Å². The van der Waals surface area contributed by atoms with Crippen LogP contribution in [0.4, 0.5) is 0 Å². The summed E-state index contributed by atoms with van der Waals surface area (Å²) in [7, 11) is 1.63. The van der Waals surface area contributed by atoms with Gasteiger partial charge in [0.15, 0.2) is 0 Å². The molecule has 3 heteroatoms. The van der Waals surface area contributed by atoms with Crippen molar-refractivity contribution in [3.63, 3.8) is 0 Å². The highest BCUT2D eigenvalue weighted by Gasteiger charge is 2.52. The third kappa shape index (κ3) is 1.50. The lowest BCUT2D eigenvalue weighted by atomic mass is 9.68. The van der Waals surface area contributed by atoms with Gasteiger partial charge in [0.05, 0.1) is 12.0 Å². The zero-order valence-corrected chi connectivity index (χ0v) is 10.1. The van der Waals surface area contributed by atoms with Crippen molar-refractivity contribution in [2.24, 2.45) is 11.3 Å². The van der Waals surface area contributed by atoms with E-state index in [2.05, 4.69) is 13.0 Å². The first-order valence-corrected chi connectivity index (χ1v) is 5.73. The summed E-state index contributed by atoms with van der Waals surface area (Å²) < 4.78 is 10.3. The van der Waals surface area contributed by atoms with Crippen molar-refractivity contribution >= 4 is 5.97 Å². The van der Waals surface area contributed by atoms with Crippen molar-refractivity contribution in [2.75, 3.05) is 13.7 Å². The van der Waals surface area contributed by atoms with E-state index in [1.54, 1.807) is 7.11 Å². The zero-order chi connectivity index (χ0) is 11.8. The molecule has 1 aliphatic carbocycles. The molecular weight excluding hydrogens is 204 g/mol. The molecule has 1 saturated heterocycles. The van der Waals surface area contributed by atoms with Crippen molar-refractivity contribution in [3.05, 3.63) is 23.5 Å². The lowest BCUT2D eigenvalue weighted by Gasteiger charge is -2.31. The average molecular weight is 222 g/mol. The van der Waals surface area contributed by atoms with Gasteiger partial charge < -0.3 is 9.47 Å². The van der Waals surface area contributed by atoms with Crippen molar-refractivity contribution in [1.29, 1.82) is 0 Å². The van der Waals surface area contributed by atoms with Crippen LogP contribution in [0, 0.1) is 11.3 Å². The predicted octanol–water partition coefficient (Wildman–Crippen LogP) is 2.44. The highest BCUT2D eigenvalue weighted by Crippen LogP contribution is 2.50. The molecule has 2 atom stereocenters. The number of rotatable bonds is 2. The molecule has 2 aliphatic rings. The van der Waals surface area contributed by atoms with E-state index in [1.807, 2.05) is 13.0 Å². The number of hydrogen-bond acceptors (Lipinski definition) is 3. The molecule has 0 spiro atoms. The minimum atomic E-state index is -0.447. The summed E-state index contributed by atoms with van der Waals surface area (Å²) in [6, 6.07) is 0. The molecule has 2 rings (SSSR count). The third-order valence-corrected chi connectivity index (χ3v) is 3.82. The number of allylic oxidation sites excluding steroid dienone is 2. The number of hydrogen-bond donors (Lipinski definition) is 0. The molecule has 0 amide bonds. The van der Waals surface area contributed by atoms with E-state index in [0.29, 0.717) is 18.3 Å². The van der Waals surface area contributed by atoms with E-state index in [0.717, 1.165) is 18.4 Å². The molecule has 0 saturated carbocycles. The molecule has 0 aromatic carbocycles. The van der Waals surface area contributed by atoms with Crippen LogP contribution in [0.1, 0.15) is 26.7 Å². The molecule has 1 aliphatic heterocycles. The number of methoxy groups -OCH3 is 1. The molecule has 0 radical (unpaired) electrons. The molecule has 1 fully saturated rings. The number of cyclic esters (lactones) is 1. The van der Waals surface area contributed by atoms with Gasteiger partial charge in [0.1, 0.15) is 5.76 Å². The molecule has 0 aromatic heterocycles. The maximum absolute atomic E-state index is 12.0. The molecular formula is C13H18O3. The Kier molecular flexibility index (Phi) is 2.89. The van der Waals surface area contributed by atoms with E-state index in [4.69, 9.17) is 9.47 Å². The maximum atomic E-state index is 12.0. The fourth-order valence-corrected chi connectivity index (χ4v) is 2.48. The van der Waals surface area contributed by atoms with E-state index in [9.17, 15) is 4.79 Å². The van der Waals surface area contributed by atoms with Crippen LogP contribution in [-0.4, -0.2) is 19.7 Å². The van der Waals surface area contributed by atoms with Gasteiger partial charge in [-0.3, -0.25) is 4.79 Å². The van der Waals surface area contributed by atoms with E-state index < -0.39 is 5.41 Å². The van der Waals surface area contributed by atoms with Crippen molar-refractivity contribution in [3.8, 4) is 0 Å². The van der Waals surface area contributed by atoms with E-state index >= 15 is 0 Å². The highest BCUT2D eigenvalue weighted by molar-refractivity contribution is 5.87. The van der Waals surface area contributed by atoms with Crippen LogP contribution >= 0.6 is 0 Å². The van der Waals surface area contributed by atoms with Gasteiger partial charge >= 0.3 is 5.97 Å². The van der Waals surface area contributed by atoms with Crippen LogP contribution in [0.25, 0.3) is 0 Å². The first-order valence-electron chi connectivity index (χ1n) is 5.73. The molecule has 0 unspecified atom stereocenters. The Morgan fingerprint density at radius 3 is 3.12 bits per heavy atom. The second-order valence-electron chi connectivity index (χ2n) is 4.71. The second kappa shape index (κ2) is 4.06. The fourth-order valence-electron chi connectivity index (χ4n) is 2.48. The third-order valence-electron chi connectivity index (χ3n) is 3.82. The Hall–Kier alpha value is -1.09. The molecule has 0 bridgehead atoms. The van der Waals surface area contributed by atoms with Crippen LogP contribution < -0.4 is 0 Å². The molecule has 16 heavy (non-hydrogen) atoms. The summed E-state index contributed by atoms with van der Waals surface area (Å²) in [6.07, 6.45) is 6.04. The molecule has 1 heterocycles. The number of ether oxygens (including phenoxy) is 2. The fraction of sp³-hybridized carbons (Fsp3) is 0.615. The van der Waals surface area contributed by atoms with Gasteiger partial charge in [-0.15, -0.1) is 0 Å². The van der Waals surface area contributed by atoms with Gasteiger partial charge in [0.25, 0.3) is 0 Å². The standard InChI is InChI=1S/C13H18O3/c1-9-5-4-6-10-11(7-8-15-3)16-12(14)13(9,10)2/h6-7,9H,4-5,8H2,1-3H3/b11-7+/t9-,13-/m1/s1. The van der Waals surface area contributed by atoms with Crippen LogP contribution in [-0.2, 0) is 14.3 Å². The Balaban J connectivity index is 2.37. The van der Waals surface area contributed by atoms with Gasteiger partial charge in [-0.05, 0) is 31.8 Å². The van der Waals surface area contributed by atoms with Gasteiger partial charge in [0.2, 0.25) is 0 Å². The van der Waals surface area contributed by atoms with Gasteiger partial charge in [0, 0.05) is 12.7 Å². The Bertz CT molecular complexity index is 367. The quantitative estimate of drug-likeness (QED) is 0.673. The highest BCUT2D eigenvalue weighted by atomic mass is 16.5. The maximum Gasteiger partial charge on any atom is 0.322 e. The Morgan fingerprint density at radius 2 is 2.44 bits per heavy atom. The average Bonchev–Trinajstić information content (AvgIpc) is 2.52.